The summed E-state index contributed by atoms with van der Waals surface area (Å²) >= 11 is 10.6. The Morgan fingerprint density at radius 3 is 2.75 bits per heavy atom. The van der Waals surface area contributed by atoms with Crippen molar-refractivity contribution in [1.29, 1.82) is 0 Å². The van der Waals surface area contributed by atoms with Gasteiger partial charge in [0.05, 0.1) is 32.9 Å². The highest BCUT2D eigenvalue weighted by atomic mass is 79.9. The summed E-state index contributed by atoms with van der Waals surface area (Å²) in [5.74, 6) is -0.531. The summed E-state index contributed by atoms with van der Waals surface area (Å²) in [5.41, 5.74) is 1.66. The maximum Gasteiger partial charge on any atom is 0.338 e. The Hall–Kier alpha value is -2.68. The Bertz CT molecular complexity index is 1430. The molecule has 9 heteroatoms. The summed E-state index contributed by atoms with van der Waals surface area (Å²) < 4.78 is 7.55. The Balaban J connectivity index is 1.98. The smallest absolute Gasteiger partial charge is 0.338 e. The van der Waals surface area contributed by atoms with Crippen molar-refractivity contribution in [2.75, 3.05) is 6.61 Å². The summed E-state index contributed by atoms with van der Waals surface area (Å²) in [6.45, 7) is 3.68. The zero-order valence-corrected chi connectivity index (χ0v) is 20.3. The number of phenolic OH excluding ortho intramolecular Hbond substituents is 1. The molecule has 1 N–H and O–H groups in total. The van der Waals surface area contributed by atoms with Crippen molar-refractivity contribution < 1.29 is 14.6 Å². The molecule has 164 valence electrons. The second-order valence-electron chi connectivity index (χ2n) is 7.04. The molecule has 0 unspecified atom stereocenters. The predicted molar refractivity (Wildman–Crippen MR) is 128 cm³/mol. The number of esters is 1. The molecule has 3 aromatic rings. The standard InChI is InChI=1S/C23H18BrClN2O4S/c1-3-31-22(30)18-12(2)26-23-27(19(18)13-7-5-4-6-8-13)21(29)17(32-23)10-14-9-15(25)11-16(24)20(14)28/h4-11,19,28H,3H2,1-2H3/b17-10+/t19-/m1/s1. The minimum Gasteiger partial charge on any atom is -0.506 e. The third-order valence-corrected chi connectivity index (χ3v) is 6.78. The fourth-order valence-electron chi connectivity index (χ4n) is 3.58. The number of carbonyl (C=O) groups excluding carboxylic acids is 1. The molecular formula is C23H18BrClN2O4S. The topological polar surface area (TPSA) is 80.9 Å². The van der Waals surface area contributed by atoms with Gasteiger partial charge in [-0.2, -0.15) is 0 Å². The normalized spacial score (nSPS) is 16.0. The summed E-state index contributed by atoms with van der Waals surface area (Å²) in [5, 5.41) is 10.8. The number of aromatic hydroxyl groups is 1. The third-order valence-electron chi connectivity index (χ3n) is 4.98. The van der Waals surface area contributed by atoms with E-state index in [9.17, 15) is 14.7 Å². The van der Waals surface area contributed by atoms with Crippen LogP contribution in [0.2, 0.25) is 5.02 Å². The third kappa shape index (κ3) is 4.05. The zero-order chi connectivity index (χ0) is 23.0. The van der Waals surface area contributed by atoms with Crippen LogP contribution in [0.25, 0.3) is 6.08 Å². The van der Waals surface area contributed by atoms with Crippen LogP contribution in [0.15, 0.2) is 68.0 Å². The Labute approximate surface area is 200 Å². The number of aromatic nitrogens is 1. The van der Waals surface area contributed by atoms with E-state index in [4.69, 9.17) is 16.3 Å². The van der Waals surface area contributed by atoms with Gasteiger partial charge in [-0.25, -0.2) is 9.79 Å². The number of allylic oxidation sites excluding steroid dienone is 1. The van der Waals surface area contributed by atoms with Gasteiger partial charge in [-0.1, -0.05) is 53.3 Å². The molecule has 6 nitrogen and oxygen atoms in total. The molecule has 0 aliphatic carbocycles. The number of phenols is 1. The van der Waals surface area contributed by atoms with Crippen molar-refractivity contribution in [2.24, 2.45) is 4.99 Å². The molecule has 0 spiro atoms. The maximum atomic E-state index is 13.5. The van der Waals surface area contributed by atoms with E-state index in [-0.39, 0.29) is 17.9 Å². The molecule has 1 atom stereocenters. The van der Waals surface area contributed by atoms with E-state index in [2.05, 4.69) is 20.9 Å². The predicted octanol–water partition coefficient (Wildman–Crippen LogP) is 3.92. The maximum absolute atomic E-state index is 13.5. The highest BCUT2D eigenvalue weighted by Crippen LogP contribution is 2.32. The highest BCUT2D eigenvalue weighted by Gasteiger charge is 2.33. The van der Waals surface area contributed by atoms with Crippen molar-refractivity contribution in [3.8, 4) is 5.75 Å². The summed E-state index contributed by atoms with van der Waals surface area (Å²) in [6, 6.07) is 11.8. The lowest BCUT2D eigenvalue weighted by Crippen LogP contribution is -2.39. The van der Waals surface area contributed by atoms with Crippen LogP contribution in [0.4, 0.5) is 0 Å². The second-order valence-corrected chi connectivity index (χ2v) is 9.34. The van der Waals surface area contributed by atoms with Crippen LogP contribution in [0, 0.1) is 0 Å². The van der Waals surface area contributed by atoms with E-state index in [1.54, 1.807) is 32.1 Å². The van der Waals surface area contributed by atoms with Crippen LogP contribution in [0.5, 0.6) is 5.75 Å². The van der Waals surface area contributed by atoms with Gasteiger partial charge in [-0.05, 0) is 53.5 Å². The summed E-state index contributed by atoms with van der Waals surface area (Å²) in [4.78, 5) is 31.3. The van der Waals surface area contributed by atoms with Gasteiger partial charge in [0.1, 0.15) is 5.75 Å². The molecule has 2 aromatic carbocycles. The van der Waals surface area contributed by atoms with Crippen LogP contribution < -0.4 is 14.9 Å². The van der Waals surface area contributed by atoms with Gasteiger partial charge >= 0.3 is 5.97 Å². The number of hydrogen-bond acceptors (Lipinski definition) is 6. The van der Waals surface area contributed by atoms with E-state index in [0.29, 0.717) is 35.7 Å². The Morgan fingerprint density at radius 2 is 2.06 bits per heavy atom. The molecule has 0 bridgehead atoms. The number of hydrogen-bond donors (Lipinski definition) is 1. The molecule has 32 heavy (non-hydrogen) atoms. The lowest BCUT2D eigenvalue weighted by molar-refractivity contribution is -0.139. The van der Waals surface area contributed by atoms with Gasteiger partial charge in [0.15, 0.2) is 4.80 Å². The van der Waals surface area contributed by atoms with E-state index < -0.39 is 12.0 Å². The summed E-state index contributed by atoms with van der Waals surface area (Å²) in [6.07, 6.45) is 1.57. The van der Waals surface area contributed by atoms with Gasteiger partial charge < -0.3 is 9.84 Å². The van der Waals surface area contributed by atoms with Crippen molar-refractivity contribution in [2.45, 2.75) is 19.9 Å². The van der Waals surface area contributed by atoms with E-state index >= 15 is 0 Å². The monoisotopic (exact) mass is 532 g/mol. The van der Waals surface area contributed by atoms with Gasteiger partial charge in [0.2, 0.25) is 0 Å². The first-order chi connectivity index (χ1) is 15.3. The molecule has 1 aromatic heterocycles. The van der Waals surface area contributed by atoms with Gasteiger partial charge in [0, 0.05) is 10.6 Å². The number of thiazole rings is 1. The van der Waals surface area contributed by atoms with E-state index in [0.717, 1.165) is 5.56 Å². The number of benzene rings is 2. The molecule has 4 rings (SSSR count). The first kappa shape index (κ1) is 22.5. The molecule has 0 saturated carbocycles. The Morgan fingerprint density at radius 1 is 1.34 bits per heavy atom. The number of nitrogens with zero attached hydrogens (tertiary/aromatic N) is 2. The molecule has 0 radical (unpaired) electrons. The van der Waals surface area contributed by atoms with Gasteiger partial charge in [-0.3, -0.25) is 9.36 Å². The van der Waals surface area contributed by atoms with Crippen molar-refractivity contribution in [3.63, 3.8) is 0 Å². The minimum absolute atomic E-state index is 0.0248. The van der Waals surface area contributed by atoms with Crippen molar-refractivity contribution in [3.05, 3.63) is 94.0 Å². The van der Waals surface area contributed by atoms with Gasteiger partial charge in [-0.15, -0.1) is 0 Å². The van der Waals surface area contributed by atoms with Crippen LogP contribution >= 0.6 is 38.9 Å². The second kappa shape index (κ2) is 9.05. The summed E-state index contributed by atoms with van der Waals surface area (Å²) in [7, 11) is 0. The molecule has 0 saturated heterocycles. The molecule has 2 heterocycles. The first-order valence-electron chi connectivity index (χ1n) is 9.74. The van der Waals surface area contributed by atoms with Crippen LogP contribution in [0.1, 0.15) is 31.0 Å². The molecule has 1 aliphatic rings. The number of carbonyl (C=O) groups is 1. The molecule has 0 fully saturated rings. The quantitative estimate of drug-likeness (QED) is 0.516. The van der Waals surface area contributed by atoms with E-state index in [1.165, 1.54) is 15.9 Å². The fourth-order valence-corrected chi connectivity index (χ4v) is 5.45. The molecule has 0 amide bonds. The zero-order valence-electron chi connectivity index (χ0n) is 17.1. The number of rotatable bonds is 4. The highest BCUT2D eigenvalue weighted by molar-refractivity contribution is 9.10. The molecule has 1 aliphatic heterocycles. The SMILES string of the molecule is CCOC(=O)C1=C(C)N=c2s/c(=C/c3cc(Cl)cc(Br)c3O)c(=O)n2[C@@H]1c1ccccc1. The fraction of sp³-hybridized carbons (Fsp3) is 0.174. The van der Waals surface area contributed by atoms with Crippen LogP contribution in [-0.4, -0.2) is 22.2 Å². The lowest BCUT2D eigenvalue weighted by atomic mass is 9.96. The van der Waals surface area contributed by atoms with Gasteiger partial charge in [0.25, 0.3) is 5.56 Å². The average Bonchev–Trinajstić information content (AvgIpc) is 3.06. The van der Waals surface area contributed by atoms with Crippen LogP contribution in [0.3, 0.4) is 0 Å². The van der Waals surface area contributed by atoms with Crippen LogP contribution in [-0.2, 0) is 9.53 Å². The number of fused-ring (bicyclic) bond motifs is 1. The average molecular weight is 534 g/mol. The van der Waals surface area contributed by atoms with E-state index in [1.807, 2.05) is 30.3 Å². The minimum atomic E-state index is -0.673. The first-order valence-corrected chi connectivity index (χ1v) is 11.7. The largest absolute Gasteiger partial charge is 0.506 e. The van der Waals surface area contributed by atoms with Crippen molar-refractivity contribution in [1.82, 2.24) is 4.57 Å². The number of ether oxygens (including phenoxy) is 1. The Kier molecular flexibility index (Phi) is 6.37. The number of halogens is 2. The van der Waals surface area contributed by atoms with Crippen molar-refractivity contribution >= 4 is 50.9 Å². The molecular weight excluding hydrogens is 516 g/mol. The lowest BCUT2D eigenvalue weighted by Gasteiger charge is -2.24.